The Bertz CT molecular complexity index is 1140. The molecule has 0 unspecified atom stereocenters. The van der Waals surface area contributed by atoms with Gasteiger partial charge in [0.2, 0.25) is 0 Å². The van der Waals surface area contributed by atoms with E-state index in [1.54, 1.807) is 35.5 Å². The van der Waals surface area contributed by atoms with Crippen molar-refractivity contribution in [3.8, 4) is 0 Å². The number of benzene rings is 2. The fraction of sp³-hybridized carbons (Fsp3) is 0.333. The minimum Gasteiger partial charge on any atom is -0.274 e. The lowest BCUT2D eigenvalue weighted by Crippen LogP contribution is -1.99. The van der Waals surface area contributed by atoms with Gasteiger partial charge in [-0.05, 0) is 61.6 Å². The number of rotatable bonds is 6. The van der Waals surface area contributed by atoms with Crippen LogP contribution in [0.2, 0.25) is 0 Å². The van der Waals surface area contributed by atoms with Gasteiger partial charge < -0.3 is 0 Å². The molecule has 0 amide bonds. The van der Waals surface area contributed by atoms with Crippen LogP contribution in [0.15, 0.2) is 36.7 Å². The van der Waals surface area contributed by atoms with E-state index in [-0.39, 0.29) is 11.4 Å². The summed E-state index contributed by atoms with van der Waals surface area (Å²) in [4.78, 5) is 0. The van der Waals surface area contributed by atoms with Crippen molar-refractivity contribution < 1.29 is 13.2 Å². The summed E-state index contributed by atoms with van der Waals surface area (Å²) in [6.07, 6.45) is 3.71. The molecule has 0 saturated heterocycles. The Kier molecular flexibility index (Phi) is 4.83. The maximum atomic E-state index is 14.1. The lowest BCUT2D eigenvalue weighted by atomic mass is 10.1. The number of hydrogen-bond donors (Lipinski definition) is 0. The Labute approximate surface area is 160 Å². The molecule has 0 radical (unpaired) electrons. The van der Waals surface area contributed by atoms with Crippen molar-refractivity contribution in [2.75, 3.05) is 0 Å². The number of fused-ring (bicyclic) bond motifs is 2. The minimum atomic E-state index is -2.49. The van der Waals surface area contributed by atoms with Crippen molar-refractivity contribution in [1.82, 2.24) is 19.6 Å². The first kappa shape index (κ1) is 18.5. The van der Waals surface area contributed by atoms with E-state index in [0.29, 0.717) is 23.1 Å². The molecular formula is C21H21F3N4. The van der Waals surface area contributed by atoms with E-state index >= 15 is 0 Å². The predicted molar refractivity (Wildman–Crippen MR) is 103 cm³/mol. The number of halogens is 3. The molecule has 7 heteroatoms. The number of nitrogens with zero attached hydrogens (tertiary/aromatic N) is 4. The van der Waals surface area contributed by atoms with Gasteiger partial charge in [0.15, 0.2) is 5.82 Å². The van der Waals surface area contributed by atoms with Gasteiger partial charge in [0.05, 0.1) is 5.52 Å². The van der Waals surface area contributed by atoms with Crippen molar-refractivity contribution in [2.45, 2.75) is 39.2 Å². The highest BCUT2D eigenvalue weighted by molar-refractivity contribution is 5.80. The van der Waals surface area contributed by atoms with Crippen LogP contribution in [0.3, 0.4) is 0 Å². The first-order chi connectivity index (χ1) is 13.4. The van der Waals surface area contributed by atoms with Crippen molar-refractivity contribution in [3.05, 3.63) is 59.2 Å². The van der Waals surface area contributed by atoms with Crippen LogP contribution in [-0.4, -0.2) is 19.6 Å². The Hall–Kier alpha value is -2.83. The summed E-state index contributed by atoms with van der Waals surface area (Å²) in [7, 11) is 1.78. The molecule has 2 aromatic heterocycles. The summed E-state index contributed by atoms with van der Waals surface area (Å²) in [5.41, 5.74) is 2.54. The van der Waals surface area contributed by atoms with Crippen molar-refractivity contribution in [2.24, 2.45) is 7.05 Å². The normalized spacial score (nSPS) is 11.9. The molecule has 0 aliphatic rings. The zero-order valence-corrected chi connectivity index (χ0v) is 15.8. The maximum absolute atomic E-state index is 14.1. The van der Waals surface area contributed by atoms with Gasteiger partial charge >= 0.3 is 0 Å². The molecule has 0 spiro atoms. The molecule has 2 aromatic carbocycles. The number of alkyl halides is 2. The molecule has 4 rings (SSSR count). The van der Waals surface area contributed by atoms with Gasteiger partial charge in [0, 0.05) is 42.3 Å². The first-order valence-electron chi connectivity index (χ1n) is 9.28. The zero-order chi connectivity index (χ0) is 19.8. The highest BCUT2D eigenvalue weighted by Gasteiger charge is 2.13. The number of unbranched alkanes of at least 4 members (excludes halogenated alkanes) is 1. The quantitative estimate of drug-likeness (QED) is 0.420. The molecule has 0 aliphatic carbocycles. The van der Waals surface area contributed by atoms with E-state index in [1.807, 2.05) is 18.5 Å². The standard InChI is InChI=1S/C21H21F3N4/c1-13-7-15-12-28(25-19(15)10-17(13)21(23)24)6-4-3-5-14-8-16-11-27(2)26-20(16)18(22)9-14/h7-12,21H,3-6H2,1-2H3. The molecule has 0 bridgehead atoms. The topological polar surface area (TPSA) is 35.6 Å². The Morgan fingerprint density at radius 2 is 1.82 bits per heavy atom. The Morgan fingerprint density at radius 3 is 2.61 bits per heavy atom. The summed E-state index contributed by atoms with van der Waals surface area (Å²) in [5, 5.41) is 10.2. The van der Waals surface area contributed by atoms with E-state index < -0.39 is 6.43 Å². The lowest BCUT2D eigenvalue weighted by Gasteiger charge is -2.03. The predicted octanol–water partition coefficient (Wildman–Crippen LogP) is 5.33. The fourth-order valence-corrected chi connectivity index (χ4v) is 3.62. The van der Waals surface area contributed by atoms with E-state index in [9.17, 15) is 13.2 Å². The number of aryl methyl sites for hydroxylation is 4. The molecule has 0 saturated carbocycles. The van der Waals surface area contributed by atoms with Crippen LogP contribution in [-0.2, 0) is 20.0 Å². The van der Waals surface area contributed by atoms with E-state index in [4.69, 9.17) is 0 Å². The average molecular weight is 386 g/mol. The molecule has 0 N–H and O–H groups in total. The van der Waals surface area contributed by atoms with Crippen LogP contribution in [0.4, 0.5) is 13.2 Å². The van der Waals surface area contributed by atoms with Crippen LogP contribution in [0.1, 0.15) is 36.0 Å². The summed E-state index contributed by atoms with van der Waals surface area (Å²) in [6.45, 7) is 2.38. The number of hydrogen-bond acceptors (Lipinski definition) is 2. The molecule has 0 fully saturated rings. The van der Waals surface area contributed by atoms with E-state index in [2.05, 4.69) is 10.2 Å². The van der Waals surface area contributed by atoms with Gasteiger partial charge in [-0.25, -0.2) is 13.2 Å². The Morgan fingerprint density at radius 1 is 1.00 bits per heavy atom. The fourth-order valence-electron chi connectivity index (χ4n) is 3.62. The average Bonchev–Trinajstić information content (AvgIpc) is 3.20. The second-order valence-electron chi connectivity index (χ2n) is 7.24. The largest absolute Gasteiger partial charge is 0.274 e. The SMILES string of the molecule is Cc1cc2cn(CCCCc3cc(F)c4nn(C)cc4c3)nc2cc1C(F)F. The van der Waals surface area contributed by atoms with Crippen LogP contribution in [0.5, 0.6) is 0 Å². The lowest BCUT2D eigenvalue weighted by molar-refractivity contribution is 0.151. The van der Waals surface area contributed by atoms with Crippen molar-refractivity contribution in [1.29, 1.82) is 0 Å². The van der Waals surface area contributed by atoms with Crippen molar-refractivity contribution in [3.63, 3.8) is 0 Å². The maximum Gasteiger partial charge on any atom is 0.264 e. The van der Waals surface area contributed by atoms with Gasteiger partial charge in [0.1, 0.15) is 5.52 Å². The summed E-state index contributed by atoms with van der Waals surface area (Å²) in [6, 6.07) is 6.75. The third-order valence-corrected chi connectivity index (χ3v) is 5.01. The summed E-state index contributed by atoms with van der Waals surface area (Å²) < 4.78 is 43.6. The molecule has 28 heavy (non-hydrogen) atoms. The third kappa shape index (κ3) is 3.61. The zero-order valence-electron chi connectivity index (χ0n) is 15.8. The highest BCUT2D eigenvalue weighted by atomic mass is 19.3. The molecule has 146 valence electrons. The minimum absolute atomic E-state index is 0.0329. The van der Waals surface area contributed by atoms with Crippen LogP contribution in [0.25, 0.3) is 21.8 Å². The molecular weight excluding hydrogens is 365 g/mol. The van der Waals surface area contributed by atoms with E-state index in [1.165, 1.54) is 6.07 Å². The Balaban J connectivity index is 1.40. The monoisotopic (exact) mass is 386 g/mol. The molecule has 4 aromatic rings. The van der Waals surface area contributed by atoms with Gasteiger partial charge in [-0.15, -0.1) is 0 Å². The molecule has 4 nitrogen and oxygen atoms in total. The van der Waals surface area contributed by atoms with Gasteiger partial charge in [-0.3, -0.25) is 9.36 Å². The smallest absolute Gasteiger partial charge is 0.264 e. The van der Waals surface area contributed by atoms with Crippen LogP contribution >= 0.6 is 0 Å². The number of aromatic nitrogens is 4. The van der Waals surface area contributed by atoms with Crippen LogP contribution < -0.4 is 0 Å². The second kappa shape index (κ2) is 7.30. The summed E-state index contributed by atoms with van der Waals surface area (Å²) >= 11 is 0. The highest BCUT2D eigenvalue weighted by Crippen LogP contribution is 2.27. The summed E-state index contributed by atoms with van der Waals surface area (Å²) in [5.74, 6) is -0.295. The molecule has 2 heterocycles. The first-order valence-corrected chi connectivity index (χ1v) is 9.28. The van der Waals surface area contributed by atoms with Gasteiger partial charge in [0.25, 0.3) is 6.43 Å². The van der Waals surface area contributed by atoms with E-state index in [0.717, 1.165) is 35.6 Å². The van der Waals surface area contributed by atoms with Gasteiger partial charge in [-0.2, -0.15) is 10.2 Å². The second-order valence-corrected chi connectivity index (χ2v) is 7.24. The molecule has 0 aliphatic heterocycles. The molecule has 0 atom stereocenters. The third-order valence-electron chi connectivity index (χ3n) is 5.01. The van der Waals surface area contributed by atoms with Gasteiger partial charge in [-0.1, -0.05) is 0 Å². The van der Waals surface area contributed by atoms with Crippen molar-refractivity contribution >= 4 is 21.8 Å². The van der Waals surface area contributed by atoms with Crippen LogP contribution in [0, 0.1) is 12.7 Å².